The Balaban J connectivity index is 2.66. The molecule has 1 rings (SSSR count). The van der Waals surface area contributed by atoms with Crippen LogP contribution >= 0.6 is 0 Å². The van der Waals surface area contributed by atoms with Crippen molar-refractivity contribution in [3.63, 3.8) is 0 Å². The topological polar surface area (TPSA) is 103 Å². The SMILES string of the molecule is CC(C)(C)OC(=O)NCc1cccc(C(O)C(O)C#N)c1. The van der Waals surface area contributed by atoms with E-state index in [1.165, 1.54) is 0 Å². The van der Waals surface area contributed by atoms with Crippen LogP contribution in [-0.4, -0.2) is 28.0 Å². The van der Waals surface area contributed by atoms with E-state index < -0.39 is 23.9 Å². The molecule has 0 aliphatic rings. The second-order valence-corrected chi connectivity index (χ2v) is 5.62. The minimum absolute atomic E-state index is 0.220. The largest absolute Gasteiger partial charge is 0.444 e. The smallest absolute Gasteiger partial charge is 0.407 e. The third-order valence-corrected chi connectivity index (χ3v) is 2.56. The molecule has 2 unspecified atom stereocenters. The maximum atomic E-state index is 11.5. The third kappa shape index (κ3) is 5.81. The average Bonchev–Trinajstić information content (AvgIpc) is 2.42. The van der Waals surface area contributed by atoms with E-state index in [2.05, 4.69) is 5.32 Å². The molecule has 114 valence electrons. The Morgan fingerprint density at radius 2 is 2.10 bits per heavy atom. The summed E-state index contributed by atoms with van der Waals surface area (Å²) in [7, 11) is 0. The summed E-state index contributed by atoms with van der Waals surface area (Å²) >= 11 is 0. The van der Waals surface area contributed by atoms with Crippen LogP contribution in [0.1, 0.15) is 38.0 Å². The number of aliphatic hydroxyl groups excluding tert-OH is 2. The molecular weight excluding hydrogens is 272 g/mol. The number of aliphatic hydroxyl groups is 2. The number of hydrogen-bond donors (Lipinski definition) is 3. The van der Waals surface area contributed by atoms with E-state index >= 15 is 0 Å². The molecule has 0 spiro atoms. The van der Waals surface area contributed by atoms with Gasteiger partial charge in [0.25, 0.3) is 0 Å². The fourth-order valence-corrected chi connectivity index (χ4v) is 1.63. The number of ether oxygens (including phenoxy) is 1. The van der Waals surface area contributed by atoms with Gasteiger partial charge in [0.15, 0.2) is 6.10 Å². The Hall–Kier alpha value is -2.10. The number of rotatable bonds is 4. The van der Waals surface area contributed by atoms with Crippen molar-refractivity contribution >= 4 is 6.09 Å². The lowest BCUT2D eigenvalue weighted by Crippen LogP contribution is -2.32. The molecule has 1 amide bonds. The highest BCUT2D eigenvalue weighted by atomic mass is 16.6. The molecule has 3 N–H and O–H groups in total. The molecular formula is C15H20N2O4. The Morgan fingerprint density at radius 1 is 1.43 bits per heavy atom. The van der Waals surface area contributed by atoms with E-state index in [1.54, 1.807) is 51.1 Å². The first-order valence-electron chi connectivity index (χ1n) is 6.54. The molecule has 1 aromatic carbocycles. The summed E-state index contributed by atoms with van der Waals surface area (Å²) in [6.45, 7) is 5.53. The van der Waals surface area contributed by atoms with Gasteiger partial charge in [-0.25, -0.2) is 4.79 Å². The number of carbonyl (C=O) groups is 1. The summed E-state index contributed by atoms with van der Waals surface area (Å²) in [5.41, 5.74) is 0.564. The molecule has 0 aliphatic heterocycles. The van der Waals surface area contributed by atoms with Gasteiger partial charge in [-0.05, 0) is 31.9 Å². The van der Waals surface area contributed by atoms with E-state index in [0.29, 0.717) is 5.56 Å². The zero-order valence-electron chi connectivity index (χ0n) is 12.3. The summed E-state index contributed by atoms with van der Waals surface area (Å²) < 4.78 is 5.11. The Labute approximate surface area is 124 Å². The predicted molar refractivity (Wildman–Crippen MR) is 76.1 cm³/mol. The first-order chi connectivity index (χ1) is 9.73. The van der Waals surface area contributed by atoms with Crippen LogP contribution in [0, 0.1) is 11.3 Å². The number of amides is 1. The van der Waals surface area contributed by atoms with E-state index in [0.717, 1.165) is 5.56 Å². The van der Waals surface area contributed by atoms with E-state index in [9.17, 15) is 15.0 Å². The number of nitrogens with zero attached hydrogens (tertiary/aromatic N) is 1. The van der Waals surface area contributed by atoms with Gasteiger partial charge in [0.2, 0.25) is 0 Å². The van der Waals surface area contributed by atoms with Crippen molar-refractivity contribution in [1.29, 1.82) is 5.26 Å². The fourth-order valence-electron chi connectivity index (χ4n) is 1.63. The Morgan fingerprint density at radius 3 is 2.67 bits per heavy atom. The highest BCUT2D eigenvalue weighted by Gasteiger charge is 2.18. The Kier molecular flexibility index (Phi) is 5.70. The second-order valence-electron chi connectivity index (χ2n) is 5.62. The minimum atomic E-state index is -1.49. The second kappa shape index (κ2) is 7.07. The van der Waals surface area contributed by atoms with Crippen molar-refractivity contribution in [1.82, 2.24) is 5.32 Å². The molecule has 0 saturated carbocycles. The average molecular weight is 292 g/mol. The first-order valence-corrected chi connectivity index (χ1v) is 6.54. The van der Waals surface area contributed by atoms with Crippen LogP contribution in [-0.2, 0) is 11.3 Å². The fraction of sp³-hybridized carbons (Fsp3) is 0.467. The molecule has 0 aliphatic carbocycles. The monoisotopic (exact) mass is 292 g/mol. The highest BCUT2D eigenvalue weighted by Crippen LogP contribution is 2.18. The van der Waals surface area contributed by atoms with Gasteiger partial charge in [0, 0.05) is 6.54 Å². The van der Waals surface area contributed by atoms with Crippen LogP contribution in [0.3, 0.4) is 0 Å². The third-order valence-electron chi connectivity index (χ3n) is 2.56. The summed E-state index contributed by atoms with van der Waals surface area (Å²) in [5, 5.41) is 30.3. The van der Waals surface area contributed by atoms with E-state index in [1.807, 2.05) is 0 Å². The van der Waals surface area contributed by atoms with Gasteiger partial charge >= 0.3 is 6.09 Å². The van der Waals surface area contributed by atoms with Crippen molar-refractivity contribution < 1.29 is 19.7 Å². The zero-order chi connectivity index (χ0) is 16.0. The van der Waals surface area contributed by atoms with Crippen LogP contribution in [0.15, 0.2) is 24.3 Å². The van der Waals surface area contributed by atoms with Gasteiger partial charge < -0.3 is 20.3 Å². The summed E-state index contributed by atoms with van der Waals surface area (Å²) in [4.78, 5) is 11.5. The molecule has 2 atom stereocenters. The van der Waals surface area contributed by atoms with Crippen molar-refractivity contribution in [2.75, 3.05) is 0 Å². The van der Waals surface area contributed by atoms with Crippen molar-refractivity contribution in [3.8, 4) is 6.07 Å². The lowest BCUT2D eigenvalue weighted by Gasteiger charge is -2.20. The molecule has 6 nitrogen and oxygen atoms in total. The maximum Gasteiger partial charge on any atom is 0.407 e. The normalized spacial score (nSPS) is 13.9. The van der Waals surface area contributed by atoms with E-state index in [4.69, 9.17) is 10.00 Å². The van der Waals surface area contributed by atoms with Gasteiger partial charge in [-0.15, -0.1) is 0 Å². The minimum Gasteiger partial charge on any atom is -0.444 e. The molecule has 1 aromatic rings. The standard InChI is InChI=1S/C15H20N2O4/c1-15(2,3)21-14(20)17-9-10-5-4-6-11(7-10)13(19)12(18)8-16/h4-7,12-13,18-19H,9H2,1-3H3,(H,17,20). The summed E-state index contributed by atoms with van der Waals surface area (Å²) in [5.74, 6) is 0. The van der Waals surface area contributed by atoms with Crippen LogP contribution < -0.4 is 5.32 Å². The van der Waals surface area contributed by atoms with Gasteiger partial charge in [-0.2, -0.15) is 5.26 Å². The van der Waals surface area contributed by atoms with Crippen molar-refractivity contribution in [3.05, 3.63) is 35.4 Å². The van der Waals surface area contributed by atoms with Crippen LogP contribution in [0.2, 0.25) is 0 Å². The lowest BCUT2D eigenvalue weighted by molar-refractivity contribution is 0.0519. The van der Waals surface area contributed by atoms with Crippen LogP contribution in [0.5, 0.6) is 0 Å². The number of alkyl carbamates (subject to hydrolysis) is 1. The molecule has 0 bridgehead atoms. The summed E-state index contributed by atoms with van der Waals surface area (Å²) in [6.07, 6.45) is -3.30. The molecule has 0 saturated heterocycles. The number of nitriles is 1. The lowest BCUT2D eigenvalue weighted by atomic mass is 10.0. The highest BCUT2D eigenvalue weighted by molar-refractivity contribution is 5.67. The van der Waals surface area contributed by atoms with Gasteiger partial charge in [-0.3, -0.25) is 0 Å². The number of nitrogens with one attached hydrogen (secondary N) is 1. The Bertz CT molecular complexity index is 531. The van der Waals surface area contributed by atoms with Gasteiger partial charge in [0.05, 0.1) is 6.07 Å². The number of hydrogen-bond acceptors (Lipinski definition) is 5. The molecule has 0 heterocycles. The zero-order valence-corrected chi connectivity index (χ0v) is 12.3. The van der Waals surface area contributed by atoms with Crippen LogP contribution in [0.25, 0.3) is 0 Å². The molecule has 0 radical (unpaired) electrons. The summed E-state index contributed by atoms with van der Waals surface area (Å²) in [6, 6.07) is 8.22. The van der Waals surface area contributed by atoms with Gasteiger partial charge in [0.1, 0.15) is 11.7 Å². The molecule has 0 aromatic heterocycles. The number of carbonyl (C=O) groups excluding carboxylic acids is 1. The van der Waals surface area contributed by atoms with Crippen molar-refractivity contribution in [2.24, 2.45) is 0 Å². The predicted octanol–water partition coefficient (Wildman–Crippen LogP) is 1.63. The van der Waals surface area contributed by atoms with E-state index in [-0.39, 0.29) is 6.54 Å². The van der Waals surface area contributed by atoms with Crippen LogP contribution in [0.4, 0.5) is 4.79 Å². The molecule has 0 fully saturated rings. The van der Waals surface area contributed by atoms with Gasteiger partial charge in [-0.1, -0.05) is 24.3 Å². The molecule has 6 heteroatoms. The first kappa shape index (κ1) is 17.0. The number of benzene rings is 1. The maximum absolute atomic E-state index is 11.5. The van der Waals surface area contributed by atoms with Crippen molar-refractivity contribution in [2.45, 2.75) is 45.1 Å². The quantitative estimate of drug-likeness (QED) is 0.732. The molecule has 21 heavy (non-hydrogen) atoms.